The topological polar surface area (TPSA) is 37.4 Å². The fourth-order valence-electron chi connectivity index (χ4n) is 1.82. The highest BCUT2D eigenvalue weighted by atomic mass is 79.9. The van der Waals surface area contributed by atoms with E-state index < -0.39 is 0 Å². The molecule has 2 unspecified atom stereocenters. The number of rotatable bonds is 1. The van der Waals surface area contributed by atoms with Crippen LogP contribution >= 0.6 is 27.5 Å². The zero-order valence-electron chi connectivity index (χ0n) is 9.41. The van der Waals surface area contributed by atoms with Crippen LogP contribution in [0.15, 0.2) is 22.7 Å². The minimum atomic E-state index is -0.267. The minimum Gasteiger partial charge on any atom is -0.274 e. The Morgan fingerprint density at radius 1 is 1.18 bits per heavy atom. The first-order valence-corrected chi connectivity index (χ1v) is 6.43. The minimum absolute atomic E-state index is 0.156. The summed E-state index contributed by atoms with van der Waals surface area (Å²) in [6.45, 7) is 3.55. The third-order valence-corrected chi connectivity index (χ3v) is 4.35. The fourth-order valence-corrected chi connectivity index (χ4v) is 2.31. The molecule has 1 aromatic carbocycles. The Morgan fingerprint density at radius 3 is 2.18 bits per heavy atom. The van der Waals surface area contributed by atoms with Crippen molar-refractivity contribution in [1.29, 1.82) is 0 Å². The van der Waals surface area contributed by atoms with Crippen LogP contribution in [0.5, 0.6) is 0 Å². The van der Waals surface area contributed by atoms with Crippen LogP contribution in [-0.4, -0.2) is 11.8 Å². The summed E-state index contributed by atoms with van der Waals surface area (Å²) in [4.78, 5) is 25.2. The first kappa shape index (κ1) is 12.6. The number of hydrogen-bond donors (Lipinski definition) is 0. The number of carbonyl (C=O) groups excluding carboxylic acids is 2. The van der Waals surface area contributed by atoms with Crippen molar-refractivity contribution in [2.75, 3.05) is 4.90 Å². The molecule has 1 aromatic rings. The molecule has 0 radical (unpaired) electrons. The van der Waals surface area contributed by atoms with Crippen molar-refractivity contribution in [3.8, 4) is 0 Å². The van der Waals surface area contributed by atoms with E-state index >= 15 is 0 Å². The zero-order chi connectivity index (χ0) is 12.7. The number of benzene rings is 1. The Hall–Kier alpha value is -0.870. The second-order valence-corrected chi connectivity index (χ2v) is 5.45. The van der Waals surface area contributed by atoms with Gasteiger partial charge in [0, 0.05) is 16.3 Å². The zero-order valence-corrected chi connectivity index (χ0v) is 11.7. The van der Waals surface area contributed by atoms with Crippen LogP contribution in [0, 0.1) is 11.8 Å². The Morgan fingerprint density at radius 2 is 1.71 bits per heavy atom. The molecule has 1 aliphatic rings. The van der Waals surface area contributed by atoms with Gasteiger partial charge in [-0.2, -0.15) is 0 Å². The predicted octanol–water partition coefficient (Wildman–Crippen LogP) is 3.25. The van der Waals surface area contributed by atoms with Crippen LogP contribution in [0.1, 0.15) is 13.8 Å². The van der Waals surface area contributed by atoms with Crippen molar-refractivity contribution in [3.05, 3.63) is 27.7 Å². The Kier molecular flexibility index (Phi) is 3.27. The van der Waals surface area contributed by atoms with Crippen molar-refractivity contribution in [1.82, 2.24) is 0 Å². The fraction of sp³-hybridized carbons (Fsp3) is 0.333. The second kappa shape index (κ2) is 4.42. The molecule has 0 aliphatic carbocycles. The SMILES string of the molecule is CC1C(=O)N(c2ccc(Cl)c(Br)c2)C(=O)C1C. The Labute approximate surface area is 113 Å². The van der Waals surface area contributed by atoms with Crippen LogP contribution in [-0.2, 0) is 9.59 Å². The molecule has 1 fully saturated rings. The van der Waals surface area contributed by atoms with E-state index in [0.29, 0.717) is 15.2 Å². The van der Waals surface area contributed by atoms with Crippen molar-refractivity contribution < 1.29 is 9.59 Å². The number of nitrogens with zero attached hydrogens (tertiary/aromatic N) is 1. The highest BCUT2D eigenvalue weighted by molar-refractivity contribution is 9.10. The molecular formula is C12H11BrClNO2. The van der Waals surface area contributed by atoms with Gasteiger partial charge in [-0.05, 0) is 34.1 Å². The monoisotopic (exact) mass is 315 g/mol. The van der Waals surface area contributed by atoms with E-state index in [4.69, 9.17) is 11.6 Å². The predicted molar refractivity (Wildman–Crippen MR) is 70.0 cm³/mol. The maximum Gasteiger partial charge on any atom is 0.237 e. The van der Waals surface area contributed by atoms with Gasteiger partial charge in [0.15, 0.2) is 0 Å². The molecule has 2 rings (SSSR count). The average molecular weight is 317 g/mol. The number of carbonyl (C=O) groups is 2. The smallest absolute Gasteiger partial charge is 0.237 e. The number of hydrogen-bond acceptors (Lipinski definition) is 2. The largest absolute Gasteiger partial charge is 0.274 e. The number of halogens is 2. The van der Waals surface area contributed by atoms with E-state index in [-0.39, 0.29) is 23.7 Å². The van der Waals surface area contributed by atoms with E-state index in [2.05, 4.69) is 15.9 Å². The third-order valence-electron chi connectivity index (χ3n) is 3.13. The van der Waals surface area contributed by atoms with Crippen LogP contribution in [0.4, 0.5) is 5.69 Å². The molecule has 90 valence electrons. The van der Waals surface area contributed by atoms with Crippen molar-refractivity contribution in [2.45, 2.75) is 13.8 Å². The Balaban J connectivity index is 2.43. The van der Waals surface area contributed by atoms with Crippen LogP contribution in [0.2, 0.25) is 5.02 Å². The molecule has 0 N–H and O–H groups in total. The van der Waals surface area contributed by atoms with Gasteiger partial charge in [-0.15, -0.1) is 0 Å². The summed E-state index contributed by atoms with van der Waals surface area (Å²) < 4.78 is 0.671. The molecule has 1 saturated heterocycles. The van der Waals surface area contributed by atoms with Gasteiger partial charge in [-0.3, -0.25) is 14.5 Å². The van der Waals surface area contributed by atoms with Gasteiger partial charge in [-0.1, -0.05) is 25.4 Å². The lowest BCUT2D eigenvalue weighted by Crippen LogP contribution is -2.30. The lowest BCUT2D eigenvalue weighted by molar-refractivity contribution is -0.122. The van der Waals surface area contributed by atoms with Gasteiger partial charge >= 0.3 is 0 Å². The summed E-state index contributed by atoms with van der Waals surface area (Å²) in [5.74, 6) is -0.845. The summed E-state index contributed by atoms with van der Waals surface area (Å²) in [7, 11) is 0. The highest BCUT2D eigenvalue weighted by Crippen LogP contribution is 2.33. The number of anilines is 1. The van der Waals surface area contributed by atoms with Crippen LogP contribution in [0.3, 0.4) is 0 Å². The first-order chi connectivity index (χ1) is 7.93. The van der Waals surface area contributed by atoms with Gasteiger partial charge in [0.25, 0.3) is 0 Å². The van der Waals surface area contributed by atoms with E-state index in [9.17, 15) is 9.59 Å². The molecule has 1 heterocycles. The Bertz CT molecular complexity index is 483. The van der Waals surface area contributed by atoms with Crippen molar-refractivity contribution in [3.63, 3.8) is 0 Å². The van der Waals surface area contributed by atoms with Gasteiger partial charge in [0.2, 0.25) is 11.8 Å². The average Bonchev–Trinajstić information content (AvgIpc) is 2.48. The lowest BCUT2D eigenvalue weighted by Gasteiger charge is -2.15. The molecule has 1 aliphatic heterocycles. The summed E-state index contributed by atoms with van der Waals surface area (Å²) >= 11 is 9.16. The molecular weight excluding hydrogens is 305 g/mol. The normalized spacial score (nSPS) is 24.6. The van der Waals surface area contributed by atoms with Crippen LogP contribution < -0.4 is 4.90 Å². The third kappa shape index (κ3) is 2.00. The van der Waals surface area contributed by atoms with Gasteiger partial charge in [0.1, 0.15) is 0 Å². The number of amides is 2. The van der Waals surface area contributed by atoms with E-state index in [0.717, 1.165) is 0 Å². The molecule has 17 heavy (non-hydrogen) atoms. The second-order valence-electron chi connectivity index (χ2n) is 4.19. The van der Waals surface area contributed by atoms with E-state index in [1.165, 1.54) is 4.90 Å². The molecule has 0 aromatic heterocycles. The van der Waals surface area contributed by atoms with Gasteiger partial charge < -0.3 is 0 Å². The summed E-state index contributed by atoms with van der Waals surface area (Å²) in [5.41, 5.74) is 0.562. The molecule has 0 saturated carbocycles. The molecule has 0 spiro atoms. The summed E-state index contributed by atoms with van der Waals surface area (Å²) in [5, 5.41) is 0.550. The molecule has 2 atom stereocenters. The van der Waals surface area contributed by atoms with Gasteiger partial charge in [-0.25, -0.2) is 0 Å². The first-order valence-electron chi connectivity index (χ1n) is 5.26. The molecule has 5 heteroatoms. The molecule has 2 amide bonds. The maximum atomic E-state index is 12.0. The maximum absolute atomic E-state index is 12.0. The molecule has 3 nitrogen and oxygen atoms in total. The standard InChI is InChI=1S/C12H11BrClNO2/c1-6-7(2)12(17)15(11(6)16)8-3-4-10(14)9(13)5-8/h3-7H,1-2H3. The van der Waals surface area contributed by atoms with Crippen LogP contribution in [0.25, 0.3) is 0 Å². The highest BCUT2D eigenvalue weighted by Gasteiger charge is 2.43. The summed E-state index contributed by atoms with van der Waals surface area (Å²) in [6.07, 6.45) is 0. The lowest BCUT2D eigenvalue weighted by atomic mass is 10.00. The van der Waals surface area contributed by atoms with E-state index in [1.807, 2.05) is 0 Å². The summed E-state index contributed by atoms with van der Waals surface area (Å²) in [6, 6.07) is 5.02. The van der Waals surface area contributed by atoms with E-state index in [1.54, 1.807) is 32.0 Å². The quantitative estimate of drug-likeness (QED) is 0.746. The number of imide groups is 1. The molecule has 0 bridgehead atoms. The van der Waals surface area contributed by atoms with Gasteiger partial charge in [0.05, 0.1) is 10.7 Å². The van der Waals surface area contributed by atoms with Crippen molar-refractivity contribution >= 4 is 45.0 Å². The van der Waals surface area contributed by atoms with Crippen molar-refractivity contribution in [2.24, 2.45) is 11.8 Å².